The number of carbonyl (C=O) groups is 2. The fourth-order valence-electron chi connectivity index (χ4n) is 3.29. The largest absolute Gasteiger partial charge is 0.733 e. The van der Waals surface area contributed by atoms with Gasteiger partial charge in [-0.3, -0.25) is 15.1 Å². The summed E-state index contributed by atoms with van der Waals surface area (Å²) in [6.45, 7) is 1.62. The lowest BCUT2D eigenvalue weighted by Crippen LogP contribution is -2.46. The highest BCUT2D eigenvalue weighted by Gasteiger charge is 2.31. The van der Waals surface area contributed by atoms with Crippen LogP contribution in [0.25, 0.3) is 10.9 Å². The lowest BCUT2D eigenvalue weighted by atomic mass is 9.94. The molecule has 148 valence electrons. The van der Waals surface area contributed by atoms with E-state index in [0.29, 0.717) is 16.9 Å². The number of nitrogens with zero attached hydrogens (tertiary/aromatic N) is 2. The molecule has 1 aliphatic heterocycles. The van der Waals surface area contributed by atoms with Gasteiger partial charge in [-0.1, -0.05) is 12.1 Å². The maximum atomic E-state index is 13.1. The number of anilines is 2. The van der Waals surface area contributed by atoms with E-state index in [-0.39, 0.29) is 16.5 Å². The van der Waals surface area contributed by atoms with Crippen molar-refractivity contribution in [3.63, 3.8) is 0 Å². The fraction of sp³-hybridized carbons (Fsp3) is 0.105. The third-order valence-electron chi connectivity index (χ3n) is 4.64. The molecule has 0 spiro atoms. The summed E-state index contributed by atoms with van der Waals surface area (Å²) in [4.78, 5) is 25.1. The molecule has 5 N–H and O–H groups in total. The van der Waals surface area contributed by atoms with Crippen LogP contribution in [0.1, 0.15) is 18.5 Å². The molecule has 4 rings (SSSR count). The Morgan fingerprint density at radius 3 is 2.90 bits per heavy atom. The molecule has 29 heavy (non-hydrogen) atoms. The minimum absolute atomic E-state index is 0.0156. The zero-order valence-electron chi connectivity index (χ0n) is 15.3. The van der Waals surface area contributed by atoms with Crippen molar-refractivity contribution < 1.29 is 14.8 Å². The summed E-state index contributed by atoms with van der Waals surface area (Å²) >= 11 is 0. The smallest absolute Gasteiger partial charge is 0.319 e. The first-order valence-corrected chi connectivity index (χ1v) is 8.71. The van der Waals surface area contributed by atoms with Crippen LogP contribution >= 0.6 is 0 Å². The van der Waals surface area contributed by atoms with Gasteiger partial charge in [-0.15, -0.1) is 0 Å². The zero-order valence-corrected chi connectivity index (χ0v) is 15.3. The quantitative estimate of drug-likeness (QED) is 0.431. The second-order valence-electron chi connectivity index (χ2n) is 6.56. The number of rotatable bonds is 4. The second-order valence-corrected chi connectivity index (χ2v) is 6.56. The number of allylic oxidation sites excluding steroid dienone is 1. The molecule has 3 amide bonds. The molecule has 10 nitrogen and oxygen atoms in total. The van der Waals surface area contributed by atoms with Crippen molar-refractivity contribution in [2.24, 2.45) is 0 Å². The van der Waals surface area contributed by atoms with Crippen LogP contribution in [0.4, 0.5) is 16.2 Å². The Kier molecular flexibility index (Phi) is 4.63. The molecule has 0 saturated heterocycles. The van der Waals surface area contributed by atoms with Crippen molar-refractivity contribution in [3.8, 4) is 0 Å². The number of urea groups is 1. The minimum atomic E-state index is -0.804. The third-order valence-corrected chi connectivity index (χ3v) is 4.64. The van der Waals surface area contributed by atoms with Crippen LogP contribution in [-0.4, -0.2) is 27.3 Å². The Morgan fingerprint density at radius 1 is 1.28 bits per heavy atom. The average Bonchev–Trinajstić information content (AvgIpc) is 3.15. The SMILES string of the molecule is CC1=C(C(=O)Nc2ccc3[nH]ncc3c2)C(c2cccc(N([O-])O)c2)NC(=O)N1. The second kappa shape index (κ2) is 7.26. The van der Waals surface area contributed by atoms with E-state index in [0.717, 1.165) is 10.9 Å². The van der Waals surface area contributed by atoms with Crippen LogP contribution in [-0.2, 0) is 4.79 Å². The predicted octanol–water partition coefficient (Wildman–Crippen LogP) is 2.52. The topological polar surface area (TPSA) is 145 Å². The highest BCUT2D eigenvalue weighted by Crippen LogP contribution is 2.30. The van der Waals surface area contributed by atoms with E-state index in [1.807, 2.05) is 0 Å². The van der Waals surface area contributed by atoms with Crippen LogP contribution < -0.4 is 21.2 Å². The first kappa shape index (κ1) is 18.5. The Balaban J connectivity index is 1.68. The number of aromatic nitrogens is 2. The number of benzene rings is 2. The van der Waals surface area contributed by atoms with Crippen molar-refractivity contribution >= 4 is 34.2 Å². The first-order valence-electron chi connectivity index (χ1n) is 8.71. The van der Waals surface area contributed by atoms with Crippen molar-refractivity contribution in [2.45, 2.75) is 13.0 Å². The molecular formula is C19H17N6O4-. The first-order chi connectivity index (χ1) is 13.9. The normalized spacial score (nSPS) is 16.4. The van der Waals surface area contributed by atoms with Gasteiger partial charge in [0.2, 0.25) is 0 Å². The number of aromatic amines is 1. The highest BCUT2D eigenvalue weighted by atomic mass is 16.8. The van der Waals surface area contributed by atoms with Gasteiger partial charge in [0.25, 0.3) is 5.91 Å². The predicted molar refractivity (Wildman–Crippen MR) is 106 cm³/mol. The Hall–Kier alpha value is -3.89. The Labute approximate surface area is 164 Å². The number of H-pyrrole nitrogens is 1. The molecule has 0 radical (unpaired) electrons. The number of hydrogen-bond donors (Lipinski definition) is 5. The molecule has 3 aromatic rings. The molecule has 1 aromatic heterocycles. The minimum Gasteiger partial charge on any atom is -0.733 e. The molecule has 0 fully saturated rings. The van der Waals surface area contributed by atoms with Crippen LogP contribution in [0, 0.1) is 5.21 Å². The number of carbonyl (C=O) groups excluding carboxylic acids is 2. The van der Waals surface area contributed by atoms with Crippen molar-refractivity contribution in [1.82, 2.24) is 20.8 Å². The molecule has 1 aliphatic rings. The van der Waals surface area contributed by atoms with E-state index >= 15 is 0 Å². The van der Waals surface area contributed by atoms with Gasteiger partial charge >= 0.3 is 6.03 Å². The number of hydrogen-bond acceptors (Lipinski definition) is 6. The summed E-state index contributed by atoms with van der Waals surface area (Å²) in [6, 6.07) is 10.1. The highest BCUT2D eigenvalue weighted by molar-refractivity contribution is 6.07. The summed E-state index contributed by atoms with van der Waals surface area (Å²) in [5.74, 6) is -0.420. The van der Waals surface area contributed by atoms with Gasteiger partial charge in [0.1, 0.15) is 0 Å². The summed E-state index contributed by atoms with van der Waals surface area (Å²) in [7, 11) is 0. The molecule has 0 bridgehead atoms. The maximum absolute atomic E-state index is 13.1. The van der Waals surface area contributed by atoms with Gasteiger partial charge in [-0.05, 0) is 42.8 Å². The summed E-state index contributed by atoms with van der Waals surface area (Å²) in [5, 5.41) is 35.8. The van der Waals surface area contributed by atoms with Gasteiger partial charge in [-0.25, -0.2) is 4.79 Å². The van der Waals surface area contributed by atoms with Crippen LogP contribution in [0.2, 0.25) is 0 Å². The molecule has 1 unspecified atom stereocenters. The lowest BCUT2D eigenvalue weighted by molar-refractivity contribution is -0.113. The van der Waals surface area contributed by atoms with Gasteiger partial charge in [-0.2, -0.15) is 5.10 Å². The molecule has 1 atom stereocenters. The van der Waals surface area contributed by atoms with Crippen LogP contribution in [0.15, 0.2) is 59.9 Å². The van der Waals surface area contributed by atoms with E-state index in [4.69, 9.17) is 5.21 Å². The molecule has 10 heteroatoms. The van der Waals surface area contributed by atoms with E-state index < -0.39 is 18.0 Å². The summed E-state index contributed by atoms with van der Waals surface area (Å²) < 4.78 is 0. The maximum Gasteiger partial charge on any atom is 0.319 e. The fourth-order valence-corrected chi connectivity index (χ4v) is 3.29. The van der Waals surface area contributed by atoms with Crippen molar-refractivity contribution in [3.05, 3.63) is 70.7 Å². The zero-order chi connectivity index (χ0) is 20.5. The number of amides is 3. The third kappa shape index (κ3) is 3.61. The van der Waals surface area contributed by atoms with Crippen LogP contribution in [0.3, 0.4) is 0 Å². The van der Waals surface area contributed by atoms with Gasteiger partial charge in [0.05, 0.1) is 29.0 Å². The standard InChI is InChI=1S/C19H17N6O4/c1-10-16(18(26)22-13-5-6-15-12(7-13)9-20-24-15)17(23-19(27)21-10)11-3-2-4-14(8-11)25(28)29/h2-9,17,28H,1H3,(H,20,24)(H,22,26)(H2,21,23,27)/q-1. The van der Waals surface area contributed by atoms with Gasteiger partial charge in [0.15, 0.2) is 0 Å². The molecule has 2 aromatic carbocycles. The van der Waals surface area contributed by atoms with E-state index in [1.165, 1.54) is 12.1 Å². The van der Waals surface area contributed by atoms with E-state index in [9.17, 15) is 14.8 Å². The summed E-state index contributed by atoms with van der Waals surface area (Å²) in [5.41, 5.74) is 2.53. The Bertz CT molecular complexity index is 1140. The van der Waals surface area contributed by atoms with Gasteiger partial charge < -0.3 is 26.4 Å². The summed E-state index contributed by atoms with van der Waals surface area (Å²) in [6.07, 6.45) is 1.65. The average molecular weight is 393 g/mol. The number of fused-ring (bicyclic) bond motifs is 1. The van der Waals surface area contributed by atoms with Crippen LogP contribution in [0.5, 0.6) is 0 Å². The lowest BCUT2D eigenvalue weighted by Gasteiger charge is -2.30. The molecule has 0 aliphatic carbocycles. The monoisotopic (exact) mass is 393 g/mol. The van der Waals surface area contributed by atoms with Crippen molar-refractivity contribution in [2.75, 3.05) is 10.5 Å². The van der Waals surface area contributed by atoms with Gasteiger partial charge in [0, 0.05) is 16.8 Å². The van der Waals surface area contributed by atoms with E-state index in [2.05, 4.69) is 26.1 Å². The molecule has 0 saturated carbocycles. The van der Waals surface area contributed by atoms with Crippen molar-refractivity contribution in [1.29, 1.82) is 0 Å². The van der Waals surface area contributed by atoms with E-state index in [1.54, 1.807) is 43.5 Å². The number of nitrogens with one attached hydrogen (secondary N) is 4. The Morgan fingerprint density at radius 2 is 2.10 bits per heavy atom. The molecule has 2 heterocycles. The molecular weight excluding hydrogens is 376 g/mol.